The SMILES string of the molecule is O=[P@@]1(c2ccccc2)c2ccccc2-c2cc3ccccc3cc21.O=[P@@]1(c2ccccc2)c2ccccc2-c2cc3ccccc3cc21. The van der Waals surface area contributed by atoms with E-state index in [2.05, 4.69) is 60.7 Å². The van der Waals surface area contributed by atoms with Crippen LogP contribution in [0.25, 0.3) is 43.8 Å². The first-order valence-corrected chi connectivity index (χ1v) is 19.6. The van der Waals surface area contributed by atoms with Crippen molar-refractivity contribution in [3.8, 4) is 22.3 Å². The van der Waals surface area contributed by atoms with E-state index in [0.29, 0.717) is 0 Å². The number of rotatable bonds is 2. The number of hydrogen-bond donors (Lipinski definition) is 0. The van der Waals surface area contributed by atoms with Gasteiger partial charge < -0.3 is 9.13 Å². The molecule has 2 heterocycles. The van der Waals surface area contributed by atoms with Crippen LogP contribution in [0.2, 0.25) is 0 Å². The molecule has 8 aromatic rings. The highest BCUT2D eigenvalue weighted by Crippen LogP contribution is 2.54. The van der Waals surface area contributed by atoms with Crippen molar-refractivity contribution < 1.29 is 9.13 Å². The second-order valence-electron chi connectivity index (χ2n) is 12.4. The third kappa shape index (κ3) is 4.27. The van der Waals surface area contributed by atoms with Crippen molar-refractivity contribution in [2.75, 3.05) is 0 Å². The van der Waals surface area contributed by atoms with Crippen molar-refractivity contribution in [3.63, 3.8) is 0 Å². The van der Waals surface area contributed by atoms with Crippen LogP contribution in [0.1, 0.15) is 0 Å². The van der Waals surface area contributed by atoms with Crippen molar-refractivity contribution in [2.45, 2.75) is 0 Å². The molecule has 0 N–H and O–H groups in total. The van der Waals surface area contributed by atoms with E-state index in [4.69, 9.17) is 0 Å². The highest BCUT2D eigenvalue weighted by Gasteiger charge is 2.41. The van der Waals surface area contributed by atoms with Crippen molar-refractivity contribution in [3.05, 3.63) is 182 Å². The van der Waals surface area contributed by atoms with Crippen LogP contribution in [0.3, 0.4) is 0 Å². The van der Waals surface area contributed by atoms with E-state index in [9.17, 15) is 9.13 Å². The van der Waals surface area contributed by atoms with Crippen LogP contribution < -0.4 is 31.8 Å². The molecule has 0 aromatic heterocycles. The topological polar surface area (TPSA) is 34.1 Å². The van der Waals surface area contributed by atoms with E-state index in [1.807, 2.05) is 121 Å². The minimum atomic E-state index is -2.81. The maximum atomic E-state index is 14.3. The molecule has 0 spiro atoms. The minimum absolute atomic E-state index is 0.909. The third-order valence-corrected chi connectivity index (χ3v) is 16.0. The molecule has 0 saturated heterocycles. The Hall–Kier alpha value is -5.26. The van der Waals surface area contributed by atoms with Gasteiger partial charge >= 0.3 is 0 Å². The van der Waals surface area contributed by atoms with E-state index >= 15 is 0 Å². The van der Waals surface area contributed by atoms with Gasteiger partial charge in [0.05, 0.1) is 0 Å². The lowest BCUT2D eigenvalue weighted by Crippen LogP contribution is -2.20. The van der Waals surface area contributed by atoms with Crippen LogP contribution in [-0.2, 0) is 9.13 Å². The predicted octanol–water partition coefficient (Wildman–Crippen LogP) is 8.92. The molecule has 0 amide bonds. The second-order valence-corrected chi connectivity index (χ2v) is 17.8. The Bertz CT molecular complexity index is 2440. The summed E-state index contributed by atoms with van der Waals surface area (Å²) in [7, 11) is -5.61. The van der Waals surface area contributed by atoms with Crippen molar-refractivity contribution in [1.82, 2.24) is 0 Å². The van der Waals surface area contributed by atoms with Gasteiger partial charge in [0.25, 0.3) is 0 Å². The van der Waals surface area contributed by atoms with Crippen LogP contribution in [0.15, 0.2) is 182 Å². The largest absolute Gasteiger partial charge is 0.309 e. The molecule has 4 heteroatoms. The highest BCUT2D eigenvalue weighted by atomic mass is 31.2. The van der Waals surface area contributed by atoms with Gasteiger partial charge in [0.2, 0.25) is 0 Å². The Kier molecular flexibility index (Phi) is 6.73. The average Bonchev–Trinajstić information content (AvgIpc) is 3.56. The fourth-order valence-corrected chi connectivity index (χ4v) is 13.6. The van der Waals surface area contributed by atoms with E-state index in [-0.39, 0.29) is 0 Å². The van der Waals surface area contributed by atoms with Gasteiger partial charge in [-0.05, 0) is 68.1 Å². The van der Waals surface area contributed by atoms with E-state index in [1.165, 1.54) is 10.8 Å². The summed E-state index contributed by atoms with van der Waals surface area (Å²) in [5.74, 6) is 0. The molecule has 2 aliphatic heterocycles. The Morgan fingerprint density at radius 2 is 0.583 bits per heavy atom. The third-order valence-electron chi connectivity index (χ3n) is 9.71. The molecule has 0 fully saturated rings. The van der Waals surface area contributed by atoms with Crippen LogP contribution in [0, 0.1) is 0 Å². The molecule has 0 aliphatic carbocycles. The van der Waals surface area contributed by atoms with Gasteiger partial charge in [0.1, 0.15) is 0 Å². The van der Waals surface area contributed by atoms with Crippen LogP contribution >= 0.6 is 14.3 Å². The van der Waals surface area contributed by atoms with E-state index in [1.54, 1.807) is 0 Å². The van der Waals surface area contributed by atoms with Gasteiger partial charge in [-0.3, -0.25) is 0 Å². The summed E-state index contributed by atoms with van der Waals surface area (Å²) in [5.41, 5.74) is 4.42. The molecule has 0 unspecified atom stereocenters. The number of benzene rings is 8. The van der Waals surface area contributed by atoms with Gasteiger partial charge in [-0.2, -0.15) is 0 Å². The molecule has 2 atom stereocenters. The summed E-state index contributed by atoms with van der Waals surface area (Å²) in [6.45, 7) is 0. The maximum absolute atomic E-state index is 14.3. The summed E-state index contributed by atoms with van der Waals surface area (Å²) in [6.07, 6.45) is 0. The molecule has 0 radical (unpaired) electrons. The molecule has 0 saturated carbocycles. The highest BCUT2D eigenvalue weighted by molar-refractivity contribution is 7.87. The zero-order valence-corrected chi connectivity index (χ0v) is 27.8. The molecule has 0 bridgehead atoms. The minimum Gasteiger partial charge on any atom is -0.309 e. The fraction of sp³-hybridized carbons (Fsp3) is 0. The first-order valence-electron chi connectivity index (χ1n) is 16.1. The summed E-state index contributed by atoms with van der Waals surface area (Å²) in [6, 6.07) is 61.2. The molecule has 8 aromatic carbocycles. The zero-order chi connectivity index (χ0) is 32.3. The average molecular weight is 653 g/mol. The summed E-state index contributed by atoms with van der Waals surface area (Å²) in [5, 5.41) is 10.3. The molecule has 2 aliphatic rings. The Morgan fingerprint density at radius 1 is 0.271 bits per heavy atom. The quantitative estimate of drug-likeness (QED) is 0.175. The standard InChI is InChI=1S/2C22H15OP/c2*23-24(18-10-2-1-3-11-18)21-13-7-6-12-19(21)20-14-16-8-4-5-9-17(16)15-22(20)24/h2*1-15H/t2*24-/m00/s1. The molecular formula is C44H30O2P2. The van der Waals surface area contributed by atoms with Crippen molar-refractivity contribution in [1.29, 1.82) is 0 Å². The predicted molar refractivity (Wildman–Crippen MR) is 205 cm³/mol. The normalized spacial score (nSPS) is 18.3. The Morgan fingerprint density at radius 3 is 0.979 bits per heavy atom. The lowest BCUT2D eigenvalue weighted by Gasteiger charge is -2.16. The number of fused-ring (bicyclic) bond motifs is 8. The zero-order valence-electron chi connectivity index (χ0n) is 26.0. The van der Waals surface area contributed by atoms with Gasteiger partial charge in [0, 0.05) is 31.8 Å². The van der Waals surface area contributed by atoms with Crippen LogP contribution in [0.5, 0.6) is 0 Å². The molecule has 48 heavy (non-hydrogen) atoms. The van der Waals surface area contributed by atoms with Gasteiger partial charge in [0.15, 0.2) is 14.3 Å². The summed E-state index contributed by atoms with van der Waals surface area (Å²) in [4.78, 5) is 0. The first-order chi connectivity index (χ1) is 23.6. The van der Waals surface area contributed by atoms with Crippen LogP contribution in [0.4, 0.5) is 0 Å². The molecule has 228 valence electrons. The monoisotopic (exact) mass is 652 g/mol. The summed E-state index contributed by atoms with van der Waals surface area (Å²) >= 11 is 0. The van der Waals surface area contributed by atoms with Crippen molar-refractivity contribution in [2.24, 2.45) is 0 Å². The summed E-state index contributed by atoms with van der Waals surface area (Å²) < 4.78 is 28.6. The maximum Gasteiger partial charge on any atom is 0.172 e. The Labute approximate surface area is 280 Å². The smallest absolute Gasteiger partial charge is 0.172 e. The second kappa shape index (κ2) is 11.2. The lowest BCUT2D eigenvalue weighted by molar-refractivity contribution is 0.592. The van der Waals surface area contributed by atoms with E-state index < -0.39 is 14.3 Å². The van der Waals surface area contributed by atoms with Crippen LogP contribution in [-0.4, -0.2) is 0 Å². The molecule has 2 nitrogen and oxygen atoms in total. The van der Waals surface area contributed by atoms with E-state index in [0.717, 1.165) is 64.9 Å². The van der Waals surface area contributed by atoms with Gasteiger partial charge in [-0.15, -0.1) is 0 Å². The molecular weight excluding hydrogens is 622 g/mol. The molecule has 10 rings (SSSR count). The first kappa shape index (κ1) is 28.9. The lowest BCUT2D eigenvalue weighted by atomic mass is 10.0. The fourth-order valence-electron chi connectivity index (χ4n) is 7.45. The Balaban J connectivity index is 0.000000131. The van der Waals surface area contributed by atoms with Gasteiger partial charge in [-0.1, -0.05) is 158 Å². The number of hydrogen-bond acceptors (Lipinski definition) is 2. The van der Waals surface area contributed by atoms with Crippen molar-refractivity contribution >= 4 is 67.7 Å². The van der Waals surface area contributed by atoms with Gasteiger partial charge in [-0.25, -0.2) is 0 Å².